The van der Waals surface area contributed by atoms with Gasteiger partial charge in [0.05, 0.1) is 12.1 Å². The predicted molar refractivity (Wildman–Crippen MR) is 122 cm³/mol. The molecule has 2 unspecified atom stereocenters. The molecule has 0 saturated carbocycles. The Hall–Kier alpha value is -2.86. The number of ketones is 1. The molecule has 0 aliphatic carbocycles. The van der Waals surface area contributed by atoms with E-state index in [4.69, 9.17) is 0 Å². The Balaban J connectivity index is 2.16. The maximum Gasteiger partial charge on any atom is 0.238 e. The summed E-state index contributed by atoms with van der Waals surface area (Å²) in [5.41, 5.74) is 1.79. The first kappa shape index (κ1) is 24.4. The molecule has 0 saturated heterocycles. The molecule has 0 aliphatic rings. The first-order valence-electron chi connectivity index (χ1n) is 10.9. The Morgan fingerprint density at radius 1 is 0.839 bits per heavy atom. The summed E-state index contributed by atoms with van der Waals surface area (Å²) in [6.07, 6.45) is 2.78. The van der Waals surface area contributed by atoms with Gasteiger partial charge in [-0.2, -0.15) is 0 Å². The molecule has 0 bridgehead atoms. The van der Waals surface area contributed by atoms with Crippen LogP contribution in [-0.2, 0) is 22.4 Å². The van der Waals surface area contributed by atoms with Gasteiger partial charge in [0.25, 0.3) is 0 Å². The van der Waals surface area contributed by atoms with Crippen molar-refractivity contribution in [2.45, 2.75) is 58.5 Å². The van der Waals surface area contributed by atoms with Gasteiger partial charge in [-0.25, -0.2) is 0 Å². The molecule has 2 rings (SSSR count). The molecular weight excluding hydrogens is 392 g/mol. The summed E-state index contributed by atoms with van der Waals surface area (Å²) in [5.74, 6) is -0.125. The van der Waals surface area contributed by atoms with Crippen LogP contribution in [0.3, 0.4) is 0 Å². The van der Waals surface area contributed by atoms with Crippen LogP contribution < -0.4 is 10.6 Å². The van der Waals surface area contributed by atoms with Gasteiger partial charge in [0, 0.05) is 5.92 Å². The normalized spacial score (nSPS) is 13.0. The number of Topliss-reactive ketones (excluding diaryl/α,β-unsaturated/α-hetero) is 1. The second-order valence-corrected chi connectivity index (χ2v) is 8.22. The third-order valence-electron chi connectivity index (χ3n) is 5.22. The van der Waals surface area contributed by atoms with Crippen molar-refractivity contribution in [3.05, 3.63) is 59.7 Å². The Morgan fingerprint density at radius 2 is 1.32 bits per heavy atom. The van der Waals surface area contributed by atoms with Crippen molar-refractivity contribution in [2.75, 3.05) is 6.54 Å². The van der Waals surface area contributed by atoms with E-state index in [2.05, 4.69) is 17.6 Å². The monoisotopic (exact) mass is 426 g/mol. The highest BCUT2D eigenvalue weighted by molar-refractivity contribution is 5.92. The first-order chi connectivity index (χ1) is 14.8. The average Bonchev–Trinajstić information content (AvgIpc) is 2.75. The van der Waals surface area contributed by atoms with E-state index in [1.807, 2.05) is 13.8 Å². The van der Waals surface area contributed by atoms with Crippen molar-refractivity contribution in [3.63, 3.8) is 0 Å². The lowest BCUT2D eigenvalue weighted by atomic mass is 9.95. The molecule has 0 aliphatic heterocycles. The van der Waals surface area contributed by atoms with E-state index in [1.54, 1.807) is 48.5 Å². The van der Waals surface area contributed by atoms with E-state index in [1.165, 1.54) is 0 Å². The fourth-order valence-corrected chi connectivity index (χ4v) is 3.34. The maximum absolute atomic E-state index is 13.2. The number of phenols is 2. The Labute approximate surface area is 184 Å². The van der Waals surface area contributed by atoms with Gasteiger partial charge in [-0.1, -0.05) is 51.5 Å². The number of hydrogen-bond acceptors (Lipinski definition) is 5. The lowest BCUT2D eigenvalue weighted by molar-refractivity contribution is -0.130. The minimum atomic E-state index is -0.646. The molecule has 168 valence electrons. The number of phenolic OH excluding ortho intramolecular Hbond substituents is 2. The zero-order valence-electron chi connectivity index (χ0n) is 18.6. The van der Waals surface area contributed by atoms with E-state index >= 15 is 0 Å². The fraction of sp³-hybridized carbons (Fsp3) is 0.440. The van der Waals surface area contributed by atoms with Gasteiger partial charge in [0.2, 0.25) is 5.91 Å². The number of benzene rings is 2. The van der Waals surface area contributed by atoms with Crippen LogP contribution in [0.4, 0.5) is 0 Å². The molecule has 0 aromatic heterocycles. The van der Waals surface area contributed by atoms with Crippen molar-refractivity contribution < 1.29 is 19.8 Å². The Bertz CT molecular complexity index is 832. The molecule has 2 atom stereocenters. The summed E-state index contributed by atoms with van der Waals surface area (Å²) in [6.45, 7) is 6.44. The van der Waals surface area contributed by atoms with Crippen LogP contribution in [0, 0.1) is 5.92 Å². The first-order valence-corrected chi connectivity index (χ1v) is 10.9. The number of aromatic hydroxyl groups is 2. The van der Waals surface area contributed by atoms with E-state index in [9.17, 15) is 19.8 Å². The van der Waals surface area contributed by atoms with Crippen molar-refractivity contribution in [3.8, 4) is 11.5 Å². The highest BCUT2D eigenvalue weighted by Gasteiger charge is 2.27. The fourth-order valence-electron chi connectivity index (χ4n) is 3.34. The van der Waals surface area contributed by atoms with E-state index in [0.29, 0.717) is 19.4 Å². The second-order valence-electron chi connectivity index (χ2n) is 8.22. The van der Waals surface area contributed by atoms with Crippen LogP contribution in [0.5, 0.6) is 11.5 Å². The minimum absolute atomic E-state index is 0.0293. The summed E-state index contributed by atoms with van der Waals surface area (Å²) in [5, 5.41) is 25.3. The molecule has 0 radical (unpaired) electrons. The Kier molecular flexibility index (Phi) is 9.53. The number of hydrogen-bond donors (Lipinski definition) is 4. The van der Waals surface area contributed by atoms with Crippen molar-refractivity contribution in [1.29, 1.82) is 0 Å². The molecule has 1 amide bonds. The van der Waals surface area contributed by atoms with E-state index < -0.39 is 12.1 Å². The molecule has 6 nitrogen and oxygen atoms in total. The summed E-state index contributed by atoms with van der Waals surface area (Å²) in [4.78, 5) is 26.0. The zero-order valence-corrected chi connectivity index (χ0v) is 18.6. The standard InChI is InChI=1S/C25H34N2O4/c1-4-5-14-26-23(16-19-8-12-21(29)13-9-19)25(31)27-22(24(30)17(2)3)15-18-6-10-20(28)11-7-18/h6-13,17,22-23,26,28-29H,4-5,14-16H2,1-3H3,(H,27,31). The van der Waals surface area contributed by atoms with Crippen LogP contribution in [-0.4, -0.2) is 40.5 Å². The summed E-state index contributed by atoms with van der Waals surface area (Å²) >= 11 is 0. The van der Waals surface area contributed by atoms with Crippen LogP contribution in [0.1, 0.15) is 44.7 Å². The highest BCUT2D eigenvalue weighted by Crippen LogP contribution is 2.15. The predicted octanol–water partition coefficient (Wildman–Crippen LogP) is 3.35. The molecule has 2 aromatic rings. The van der Waals surface area contributed by atoms with Crippen LogP contribution in [0.25, 0.3) is 0 Å². The highest BCUT2D eigenvalue weighted by atomic mass is 16.3. The number of rotatable bonds is 12. The number of carbonyl (C=O) groups excluding carboxylic acids is 2. The molecule has 31 heavy (non-hydrogen) atoms. The number of unbranched alkanes of at least 4 members (excludes halogenated alkanes) is 1. The van der Waals surface area contributed by atoms with Crippen molar-refractivity contribution >= 4 is 11.7 Å². The number of carbonyl (C=O) groups is 2. The summed E-state index contributed by atoms with van der Waals surface area (Å²) in [7, 11) is 0. The van der Waals surface area contributed by atoms with Gasteiger partial charge < -0.3 is 20.8 Å². The topological polar surface area (TPSA) is 98.7 Å². The van der Waals surface area contributed by atoms with Gasteiger partial charge in [-0.3, -0.25) is 9.59 Å². The largest absolute Gasteiger partial charge is 0.508 e. The molecule has 6 heteroatoms. The number of amides is 1. The molecular formula is C25H34N2O4. The minimum Gasteiger partial charge on any atom is -0.508 e. The average molecular weight is 427 g/mol. The van der Waals surface area contributed by atoms with Gasteiger partial charge in [-0.05, 0) is 61.2 Å². The van der Waals surface area contributed by atoms with E-state index in [-0.39, 0.29) is 29.1 Å². The van der Waals surface area contributed by atoms with Gasteiger partial charge in [0.1, 0.15) is 11.5 Å². The lowest BCUT2D eigenvalue weighted by Crippen LogP contribution is -2.52. The van der Waals surface area contributed by atoms with Crippen LogP contribution >= 0.6 is 0 Å². The van der Waals surface area contributed by atoms with E-state index in [0.717, 1.165) is 24.0 Å². The maximum atomic E-state index is 13.2. The van der Waals surface area contributed by atoms with Gasteiger partial charge in [0.15, 0.2) is 5.78 Å². The summed E-state index contributed by atoms with van der Waals surface area (Å²) in [6, 6.07) is 12.3. The SMILES string of the molecule is CCCCNC(Cc1ccc(O)cc1)C(=O)NC(Cc1ccc(O)cc1)C(=O)C(C)C. The third kappa shape index (κ3) is 8.06. The molecule has 4 N–H and O–H groups in total. The van der Waals surface area contributed by atoms with Crippen LogP contribution in [0.2, 0.25) is 0 Å². The van der Waals surface area contributed by atoms with Crippen molar-refractivity contribution in [1.82, 2.24) is 10.6 Å². The summed E-state index contributed by atoms with van der Waals surface area (Å²) < 4.78 is 0. The molecule has 0 spiro atoms. The van der Waals surface area contributed by atoms with Crippen LogP contribution in [0.15, 0.2) is 48.5 Å². The third-order valence-corrected chi connectivity index (χ3v) is 5.22. The molecule has 0 fully saturated rings. The molecule has 0 heterocycles. The zero-order chi connectivity index (χ0) is 22.8. The van der Waals surface area contributed by atoms with Gasteiger partial charge in [-0.15, -0.1) is 0 Å². The van der Waals surface area contributed by atoms with Gasteiger partial charge >= 0.3 is 0 Å². The Morgan fingerprint density at radius 3 is 1.77 bits per heavy atom. The smallest absolute Gasteiger partial charge is 0.238 e. The molecule has 2 aromatic carbocycles. The number of nitrogens with one attached hydrogen (secondary N) is 2. The lowest BCUT2D eigenvalue weighted by Gasteiger charge is -2.24. The van der Waals surface area contributed by atoms with Crippen molar-refractivity contribution in [2.24, 2.45) is 5.92 Å². The second kappa shape index (κ2) is 12.1. The quantitative estimate of drug-likeness (QED) is 0.390.